The molecule has 4 N–H and O–H groups in total. The molecule has 0 spiro atoms. The Bertz CT molecular complexity index is 901. The van der Waals surface area contributed by atoms with Crippen molar-refractivity contribution in [2.75, 3.05) is 19.6 Å². The van der Waals surface area contributed by atoms with Gasteiger partial charge < -0.3 is 21.1 Å². The molecule has 0 bridgehead atoms. The van der Waals surface area contributed by atoms with Gasteiger partial charge in [0.2, 0.25) is 11.8 Å². The Labute approximate surface area is 217 Å². The predicted octanol–water partition coefficient (Wildman–Crippen LogP) is 4.14. The number of carbonyl (C=O) groups excluding carboxylic acids is 2. The van der Waals surface area contributed by atoms with E-state index in [-0.39, 0.29) is 12.3 Å². The molecule has 1 saturated carbocycles. The summed E-state index contributed by atoms with van der Waals surface area (Å²) < 4.78 is 0. The highest BCUT2D eigenvalue weighted by atomic mass is 16.3. The molecule has 36 heavy (non-hydrogen) atoms. The number of benzene rings is 1. The molecule has 198 valence electrons. The van der Waals surface area contributed by atoms with Crippen LogP contribution in [0.3, 0.4) is 0 Å². The third-order valence-electron chi connectivity index (χ3n) is 7.83. The van der Waals surface area contributed by atoms with E-state index in [0.717, 1.165) is 31.2 Å². The zero-order valence-corrected chi connectivity index (χ0v) is 22.1. The highest BCUT2D eigenvalue weighted by molar-refractivity contribution is 5.96. The van der Waals surface area contributed by atoms with E-state index in [9.17, 15) is 14.7 Å². The van der Waals surface area contributed by atoms with Gasteiger partial charge in [-0.1, -0.05) is 81.7 Å². The van der Waals surface area contributed by atoms with Gasteiger partial charge in [-0.25, -0.2) is 0 Å². The highest BCUT2D eigenvalue weighted by Gasteiger charge is 2.47. The van der Waals surface area contributed by atoms with E-state index >= 15 is 0 Å². The van der Waals surface area contributed by atoms with Crippen LogP contribution in [0.15, 0.2) is 54.1 Å². The average molecular weight is 496 g/mol. The lowest BCUT2D eigenvalue weighted by Gasteiger charge is -2.41. The minimum absolute atomic E-state index is 0.0399. The Balaban J connectivity index is 1.88. The summed E-state index contributed by atoms with van der Waals surface area (Å²) in [5.74, 6) is -0.999. The second-order valence-corrected chi connectivity index (χ2v) is 10.5. The van der Waals surface area contributed by atoms with Gasteiger partial charge in [-0.2, -0.15) is 0 Å². The van der Waals surface area contributed by atoms with Crippen LogP contribution in [-0.2, 0) is 16.0 Å². The average Bonchev–Trinajstić information content (AvgIpc) is 2.91. The van der Waals surface area contributed by atoms with Crippen molar-refractivity contribution in [2.45, 2.75) is 83.8 Å². The van der Waals surface area contributed by atoms with Crippen molar-refractivity contribution < 1.29 is 14.7 Å². The van der Waals surface area contributed by atoms with E-state index in [0.29, 0.717) is 37.7 Å². The Morgan fingerprint density at radius 1 is 1.11 bits per heavy atom. The second kappa shape index (κ2) is 13.8. The van der Waals surface area contributed by atoms with Crippen LogP contribution >= 0.6 is 0 Å². The lowest BCUT2D eigenvalue weighted by molar-refractivity contribution is -0.132. The van der Waals surface area contributed by atoms with Crippen LogP contribution in [0.25, 0.3) is 0 Å². The van der Waals surface area contributed by atoms with E-state index < -0.39 is 23.3 Å². The Morgan fingerprint density at radius 2 is 1.78 bits per heavy atom. The maximum absolute atomic E-state index is 13.5. The van der Waals surface area contributed by atoms with Crippen molar-refractivity contribution in [3.8, 4) is 0 Å². The summed E-state index contributed by atoms with van der Waals surface area (Å²) in [5, 5.41) is 15.1. The van der Waals surface area contributed by atoms with Crippen LogP contribution in [0.1, 0.15) is 70.8 Å². The third kappa shape index (κ3) is 7.07. The van der Waals surface area contributed by atoms with E-state index in [1.165, 1.54) is 19.3 Å². The molecular weight excluding hydrogens is 450 g/mol. The Hall–Kier alpha value is -2.44. The summed E-state index contributed by atoms with van der Waals surface area (Å²) in [6.07, 6.45) is 13.0. The molecule has 1 aromatic carbocycles. The molecule has 0 aromatic heterocycles. The van der Waals surface area contributed by atoms with E-state index in [4.69, 9.17) is 5.73 Å². The van der Waals surface area contributed by atoms with Gasteiger partial charge in [0, 0.05) is 37.2 Å². The molecular formula is C30H45N3O3. The van der Waals surface area contributed by atoms with Gasteiger partial charge in [0.1, 0.15) is 0 Å². The smallest absolute Gasteiger partial charge is 0.249 e. The lowest BCUT2D eigenvalue weighted by Crippen LogP contribution is -2.52. The summed E-state index contributed by atoms with van der Waals surface area (Å²) in [6, 6.07) is 10.3. The van der Waals surface area contributed by atoms with Crippen molar-refractivity contribution in [2.24, 2.45) is 17.1 Å². The van der Waals surface area contributed by atoms with Crippen LogP contribution in [0.2, 0.25) is 0 Å². The number of allylic oxidation sites excluding steroid dienone is 2. The SMILES string of the molecule is CCCN(CCC)C(=O)C1=CC=CC(C(N)=O)([C@H](Cc2ccccc2)[C@@H](O)CNC2CCCCC2)C1. The summed E-state index contributed by atoms with van der Waals surface area (Å²) in [6.45, 7) is 5.88. The Morgan fingerprint density at radius 3 is 2.39 bits per heavy atom. The molecule has 2 amide bonds. The van der Waals surface area contributed by atoms with E-state index in [1.54, 1.807) is 6.08 Å². The van der Waals surface area contributed by atoms with Gasteiger partial charge in [0.15, 0.2) is 0 Å². The summed E-state index contributed by atoms with van der Waals surface area (Å²) in [7, 11) is 0. The Kier molecular flexibility index (Phi) is 10.7. The number of rotatable bonds is 13. The minimum Gasteiger partial charge on any atom is -0.391 e. The second-order valence-electron chi connectivity index (χ2n) is 10.5. The number of nitrogens with one attached hydrogen (secondary N) is 1. The van der Waals surface area contributed by atoms with Gasteiger partial charge in [0.05, 0.1) is 11.5 Å². The largest absolute Gasteiger partial charge is 0.391 e. The fourth-order valence-corrected chi connectivity index (χ4v) is 5.85. The number of amides is 2. The van der Waals surface area contributed by atoms with Crippen molar-refractivity contribution in [1.82, 2.24) is 10.2 Å². The van der Waals surface area contributed by atoms with Crippen molar-refractivity contribution in [1.29, 1.82) is 0 Å². The number of primary amides is 1. The van der Waals surface area contributed by atoms with Crippen LogP contribution in [-0.4, -0.2) is 53.6 Å². The molecule has 3 atom stereocenters. The summed E-state index contributed by atoms with van der Waals surface area (Å²) >= 11 is 0. The minimum atomic E-state index is -1.15. The van der Waals surface area contributed by atoms with E-state index in [2.05, 4.69) is 19.2 Å². The van der Waals surface area contributed by atoms with Gasteiger partial charge in [0.25, 0.3) is 0 Å². The monoisotopic (exact) mass is 495 g/mol. The molecule has 1 fully saturated rings. The number of hydrogen-bond acceptors (Lipinski definition) is 4. The number of nitrogens with zero attached hydrogens (tertiary/aromatic N) is 1. The van der Waals surface area contributed by atoms with Gasteiger partial charge in [-0.15, -0.1) is 0 Å². The van der Waals surface area contributed by atoms with Crippen LogP contribution < -0.4 is 11.1 Å². The van der Waals surface area contributed by atoms with Crippen molar-refractivity contribution in [3.63, 3.8) is 0 Å². The van der Waals surface area contributed by atoms with Crippen LogP contribution in [0, 0.1) is 11.3 Å². The lowest BCUT2D eigenvalue weighted by atomic mass is 9.64. The van der Waals surface area contributed by atoms with Crippen LogP contribution in [0.4, 0.5) is 0 Å². The molecule has 0 radical (unpaired) electrons. The third-order valence-corrected chi connectivity index (χ3v) is 7.83. The number of hydrogen-bond donors (Lipinski definition) is 3. The van der Waals surface area contributed by atoms with Gasteiger partial charge in [-0.05, 0) is 44.1 Å². The maximum Gasteiger partial charge on any atom is 0.249 e. The number of carbonyl (C=O) groups is 2. The molecule has 0 saturated heterocycles. The van der Waals surface area contributed by atoms with Gasteiger partial charge in [-0.3, -0.25) is 9.59 Å². The summed E-state index contributed by atoms with van der Waals surface area (Å²) in [5.41, 5.74) is 6.59. The summed E-state index contributed by atoms with van der Waals surface area (Å²) in [4.78, 5) is 28.5. The molecule has 1 unspecified atom stereocenters. The topological polar surface area (TPSA) is 95.7 Å². The zero-order chi connectivity index (χ0) is 26.0. The van der Waals surface area contributed by atoms with E-state index in [1.807, 2.05) is 47.4 Å². The molecule has 3 rings (SSSR count). The molecule has 2 aliphatic rings. The maximum atomic E-state index is 13.5. The predicted molar refractivity (Wildman–Crippen MR) is 145 cm³/mol. The normalized spacial score (nSPS) is 22.0. The number of aliphatic hydroxyl groups excluding tert-OH is 1. The molecule has 0 aliphatic heterocycles. The quantitative estimate of drug-likeness (QED) is 0.383. The first-order chi connectivity index (χ1) is 17.4. The first-order valence-corrected chi connectivity index (χ1v) is 13.8. The molecule has 6 nitrogen and oxygen atoms in total. The molecule has 6 heteroatoms. The van der Waals surface area contributed by atoms with Crippen molar-refractivity contribution in [3.05, 3.63) is 59.7 Å². The first kappa shape index (κ1) is 28.1. The standard InChI is InChI=1S/C30H45N3O3/c1-3-18-33(19-4-2)28(35)24-14-11-17-30(21-24,29(31)36)26(20-23-12-7-5-8-13-23)27(34)22-32-25-15-9-6-10-16-25/h5,7-8,11-14,17,25-27,32,34H,3-4,6,9-10,15-16,18-22H2,1-2H3,(H2,31,36)/t26-,27+,30?/m1/s1. The fraction of sp³-hybridized carbons (Fsp3) is 0.600. The fourth-order valence-electron chi connectivity index (χ4n) is 5.85. The number of nitrogens with two attached hydrogens (primary N) is 1. The number of aliphatic hydroxyl groups is 1. The zero-order valence-electron chi connectivity index (χ0n) is 22.1. The molecule has 1 aromatic rings. The van der Waals surface area contributed by atoms with Crippen molar-refractivity contribution >= 4 is 11.8 Å². The molecule has 0 heterocycles. The highest BCUT2D eigenvalue weighted by Crippen LogP contribution is 2.43. The molecule has 2 aliphatic carbocycles. The van der Waals surface area contributed by atoms with Gasteiger partial charge >= 0.3 is 0 Å². The first-order valence-electron chi connectivity index (χ1n) is 13.8. The van der Waals surface area contributed by atoms with Crippen LogP contribution in [0.5, 0.6) is 0 Å².